The first kappa shape index (κ1) is 22.8. The van der Waals surface area contributed by atoms with Gasteiger partial charge in [0, 0.05) is 23.5 Å². The number of carbonyl (C=O) groups excluding carboxylic acids is 2. The van der Waals surface area contributed by atoms with E-state index >= 15 is 0 Å². The average molecular weight is 477 g/mol. The van der Waals surface area contributed by atoms with E-state index in [4.69, 9.17) is 4.74 Å². The molecule has 0 saturated heterocycles. The summed E-state index contributed by atoms with van der Waals surface area (Å²) in [5.74, 6) is -0.109. The second-order valence-corrected chi connectivity index (χ2v) is 11.5. The molecular weight excluding hydrogens is 448 g/mol. The molecule has 9 heteroatoms. The molecule has 1 aliphatic heterocycles. The van der Waals surface area contributed by atoms with Gasteiger partial charge in [-0.25, -0.2) is 13.2 Å². The summed E-state index contributed by atoms with van der Waals surface area (Å²) in [7, 11) is -2.75. The number of esters is 1. The van der Waals surface area contributed by atoms with E-state index < -0.39 is 16.0 Å². The highest BCUT2D eigenvalue weighted by Gasteiger charge is 2.35. The van der Waals surface area contributed by atoms with E-state index in [0.29, 0.717) is 43.1 Å². The highest BCUT2D eigenvalue weighted by molar-refractivity contribution is 7.94. The van der Waals surface area contributed by atoms with Gasteiger partial charge < -0.3 is 9.64 Å². The van der Waals surface area contributed by atoms with E-state index in [-0.39, 0.29) is 15.7 Å². The van der Waals surface area contributed by atoms with E-state index in [2.05, 4.69) is 4.72 Å². The summed E-state index contributed by atoms with van der Waals surface area (Å²) in [4.78, 5) is 27.9. The molecule has 0 unspecified atom stereocenters. The quantitative estimate of drug-likeness (QED) is 0.634. The summed E-state index contributed by atoms with van der Waals surface area (Å²) in [5, 5.41) is 0. The number of benzene rings is 1. The number of anilines is 1. The number of fused-ring (bicyclic) bond motifs is 1. The molecule has 4 rings (SSSR count). The Kier molecular flexibility index (Phi) is 6.57. The predicted octanol–water partition coefficient (Wildman–Crippen LogP) is 4.11. The van der Waals surface area contributed by atoms with Gasteiger partial charge in [0.05, 0.1) is 19.2 Å². The van der Waals surface area contributed by atoms with Crippen molar-refractivity contribution in [3.8, 4) is 0 Å². The smallest absolute Gasteiger partial charge is 0.340 e. The van der Waals surface area contributed by atoms with Crippen LogP contribution >= 0.6 is 11.3 Å². The largest absolute Gasteiger partial charge is 0.465 e. The zero-order valence-electron chi connectivity index (χ0n) is 18.3. The molecule has 0 bridgehead atoms. The lowest BCUT2D eigenvalue weighted by Gasteiger charge is -2.28. The molecule has 1 aromatic heterocycles. The van der Waals surface area contributed by atoms with Crippen molar-refractivity contribution in [3.05, 3.63) is 45.8 Å². The number of hydrogen-bond acceptors (Lipinski definition) is 6. The van der Waals surface area contributed by atoms with Gasteiger partial charge in [-0.15, -0.1) is 11.3 Å². The van der Waals surface area contributed by atoms with Gasteiger partial charge >= 0.3 is 5.97 Å². The first-order valence-electron chi connectivity index (χ1n) is 10.9. The van der Waals surface area contributed by atoms with E-state index in [1.54, 1.807) is 17.0 Å². The molecule has 0 radical (unpaired) electrons. The Bertz CT molecular complexity index is 1120. The van der Waals surface area contributed by atoms with Crippen LogP contribution in [0.15, 0.2) is 28.5 Å². The maximum absolute atomic E-state index is 13.2. The minimum atomic E-state index is -4.00. The third-order valence-corrected chi connectivity index (χ3v) is 9.37. The Morgan fingerprint density at radius 1 is 1.19 bits per heavy atom. The van der Waals surface area contributed by atoms with Crippen LogP contribution in [0.5, 0.6) is 0 Å². The van der Waals surface area contributed by atoms with Gasteiger partial charge in [-0.3, -0.25) is 9.52 Å². The second-order valence-electron chi connectivity index (χ2n) is 8.55. The van der Waals surface area contributed by atoms with Crippen molar-refractivity contribution in [2.45, 2.75) is 56.2 Å². The third kappa shape index (κ3) is 4.68. The fourth-order valence-electron chi connectivity index (χ4n) is 4.50. The highest BCUT2D eigenvalue weighted by Crippen LogP contribution is 2.38. The fraction of sp³-hybridized carbons (Fsp3) is 0.478. The first-order valence-corrected chi connectivity index (χ1v) is 13.2. The maximum atomic E-state index is 13.2. The zero-order chi connectivity index (χ0) is 22.9. The van der Waals surface area contributed by atoms with Gasteiger partial charge in [0.2, 0.25) is 5.91 Å². The molecule has 1 aliphatic carbocycles. The van der Waals surface area contributed by atoms with E-state index in [1.807, 2.05) is 19.1 Å². The molecule has 32 heavy (non-hydrogen) atoms. The number of ether oxygens (including phenoxy) is 1. The van der Waals surface area contributed by atoms with Crippen LogP contribution in [0.3, 0.4) is 0 Å². The summed E-state index contributed by atoms with van der Waals surface area (Å²) in [6, 6.07) is 6.99. The Morgan fingerprint density at radius 2 is 1.88 bits per heavy atom. The van der Waals surface area contributed by atoms with Crippen LogP contribution in [0.1, 0.15) is 58.5 Å². The molecule has 0 spiro atoms. The van der Waals surface area contributed by atoms with Crippen LogP contribution in [-0.2, 0) is 32.5 Å². The summed E-state index contributed by atoms with van der Waals surface area (Å²) in [6.07, 6.45) is 5.56. The standard InChI is InChI=1S/C23H28N2O5S2/c1-15-7-9-17(10-8-15)24-32(28,29)23-21(22(27)30-2)18-11-12-25(14-19(18)31-23)20(26)13-16-5-3-4-6-16/h7-10,16,24H,3-6,11-14H2,1-2H3. The van der Waals surface area contributed by atoms with Crippen molar-refractivity contribution in [2.75, 3.05) is 18.4 Å². The minimum absolute atomic E-state index is 0.0555. The number of rotatable bonds is 6. The lowest BCUT2D eigenvalue weighted by atomic mass is 10.0. The number of nitrogens with one attached hydrogen (secondary N) is 1. The van der Waals surface area contributed by atoms with Crippen molar-refractivity contribution < 1.29 is 22.7 Å². The van der Waals surface area contributed by atoms with E-state index in [9.17, 15) is 18.0 Å². The normalized spacial score (nSPS) is 16.6. The lowest BCUT2D eigenvalue weighted by molar-refractivity contribution is -0.133. The van der Waals surface area contributed by atoms with Crippen molar-refractivity contribution in [1.82, 2.24) is 4.90 Å². The number of amides is 1. The molecule has 2 heterocycles. The maximum Gasteiger partial charge on any atom is 0.340 e. The number of carbonyl (C=O) groups is 2. The van der Waals surface area contributed by atoms with Crippen LogP contribution in [0.4, 0.5) is 5.69 Å². The number of methoxy groups -OCH3 is 1. The van der Waals surface area contributed by atoms with E-state index in [1.165, 1.54) is 20.0 Å². The molecule has 1 fully saturated rings. The van der Waals surface area contributed by atoms with Crippen molar-refractivity contribution >= 4 is 38.9 Å². The molecule has 172 valence electrons. The average Bonchev–Trinajstić information content (AvgIpc) is 3.42. The number of nitrogens with zero attached hydrogens (tertiary/aromatic N) is 1. The summed E-state index contributed by atoms with van der Waals surface area (Å²) in [5.41, 5.74) is 2.20. The zero-order valence-corrected chi connectivity index (χ0v) is 20.0. The molecule has 0 atom stereocenters. The summed E-state index contributed by atoms with van der Waals surface area (Å²) >= 11 is 1.05. The van der Waals surface area contributed by atoms with Gasteiger partial charge in [-0.1, -0.05) is 30.5 Å². The van der Waals surface area contributed by atoms with Crippen LogP contribution < -0.4 is 4.72 Å². The van der Waals surface area contributed by atoms with Gasteiger partial charge in [0.1, 0.15) is 0 Å². The van der Waals surface area contributed by atoms with Gasteiger partial charge in [0.15, 0.2) is 4.21 Å². The van der Waals surface area contributed by atoms with Gasteiger partial charge in [0.25, 0.3) is 10.0 Å². The van der Waals surface area contributed by atoms with Crippen LogP contribution in [-0.4, -0.2) is 38.8 Å². The topological polar surface area (TPSA) is 92.8 Å². The number of aryl methyl sites for hydroxylation is 1. The molecule has 1 amide bonds. The molecule has 1 aromatic carbocycles. The summed E-state index contributed by atoms with van der Waals surface area (Å²) in [6.45, 7) is 2.72. The minimum Gasteiger partial charge on any atom is -0.465 e. The highest BCUT2D eigenvalue weighted by atomic mass is 32.2. The van der Waals surface area contributed by atoms with Gasteiger partial charge in [-0.2, -0.15) is 0 Å². The Balaban J connectivity index is 1.61. The van der Waals surface area contributed by atoms with Crippen molar-refractivity contribution in [2.24, 2.45) is 5.92 Å². The van der Waals surface area contributed by atoms with Crippen LogP contribution in [0.2, 0.25) is 0 Å². The van der Waals surface area contributed by atoms with Crippen molar-refractivity contribution in [3.63, 3.8) is 0 Å². The van der Waals surface area contributed by atoms with E-state index in [0.717, 1.165) is 34.6 Å². The number of sulfonamides is 1. The third-order valence-electron chi connectivity index (χ3n) is 6.25. The molecule has 2 aromatic rings. The number of thiophene rings is 1. The Labute approximate surface area is 192 Å². The second kappa shape index (κ2) is 9.23. The fourth-order valence-corrected chi connectivity index (χ4v) is 7.46. The summed E-state index contributed by atoms with van der Waals surface area (Å²) < 4.78 is 33.8. The molecule has 7 nitrogen and oxygen atoms in total. The number of hydrogen-bond donors (Lipinski definition) is 1. The SMILES string of the molecule is COC(=O)c1c(S(=O)(=O)Nc2ccc(C)cc2)sc2c1CCN(C(=O)CC1CCCC1)C2. The predicted molar refractivity (Wildman–Crippen MR) is 123 cm³/mol. The lowest BCUT2D eigenvalue weighted by Crippen LogP contribution is -2.36. The van der Waals surface area contributed by atoms with Crippen molar-refractivity contribution in [1.29, 1.82) is 0 Å². The molecule has 1 saturated carbocycles. The molecular formula is C23H28N2O5S2. The van der Waals surface area contributed by atoms with Crippen LogP contribution in [0.25, 0.3) is 0 Å². The molecule has 1 N–H and O–H groups in total. The Hall–Kier alpha value is -2.39. The molecule has 2 aliphatic rings. The van der Waals surface area contributed by atoms with Crippen LogP contribution in [0, 0.1) is 12.8 Å². The van der Waals surface area contributed by atoms with Gasteiger partial charge in [-0.05, 0) is 49.8 Å². The Morgan fingerprint density at radius 3 is 2.53 bits per heavy atom. The monoisotopic (exact) mass is 476 g/mol. The first-order chi connectivity index (χ1) is 15.3.